The quantitative estimate of drug-likeness (QED) is 0.626. The molecule has 0 unspecified atom stereocenters. The van der Waals surface area contributed by atoms with Crippen molar-refractivity contribution < 1.29 is 14.3 Å². The van der Waals surface area contributed by atoms with E-state index in [1.807, 2.05) is 0 Å². The van der Waals surface area contributed by atoms with Crippen molar-refractivity contribution in [1.29, 1.82) is 0 Å². The van der Waals surface area contributed by atoms with Gasteiger partial charge in [-0.2, -0.15) is 4.74 Å². The van der Waals surface area contributed by atoms with Gasteiger partial charge in [0.25, 0.3) is 11.5 Å². The molecule has 20 heavy (non-hydrogen) atoms. The van der Waals surface area contributed by atoms with Gasteiger partial charge in [-0.1, -0.05) is 22.0 Å². The zero-order valence-corrected chi connectivity index (χ0v) is 12.2. The summed E-state index contributed by atoms with van der Waals surface area (Å²) in [7, 11) is 1.48. The highest BCUT2D eigenvalue weighted by Gasteiger charge is 2.39. The van der Waals surface area contributed by atoms with Gasteiger partial charge in [-0.05, 0) is 30.3 Å². The van der Waals surface area contributed by atoms with Gasteiger partial charge in [0, 0.05) is 10.5 Å². The minimum absolute atomic E-state index is 0.122. The number of benzene rings is 2. The van der Waals surface area contributed by atoms with E-state index in [-0.39, 0.29) is 11.5 Å². The molecule has 0 atom stereocenters. The number of halogens is 1. The molecule has 0 bridgehead atoms. The highest BCUT2D eigenvalue weighted by atomic mass is 79.9. The lowest BCUT2D eigenvalue weighted by molar-refractivity contribution is -0.355. The Morgan fingerprint density at radius 3 is 2.50 bits per heavy atom. The summed E-state index contributed by atoms with van der Waals surface area (Å²) in [5.74, 6) is 0.107. The van der Waals surface area contributed by atoms with Crippen LogP contribution in [-0.4, -0.2) is 23.3 Å². The smallest absolute Gasteiger partial charge is 0.273 e. The molecule has 0 saturated carbocycles. The molecular formula is C15H10BrNO3. The van der Waals surface area contributed by atoms with Gasteiger partial charge in [0.2, 0.25) is 5.69 Å². The predicted octanol–water partition coefficient (Wildman–Crippen LogP) is 3.29. The minimum Gasteiger partial charge on any atom is -0.618 e. The molecule has 3 rings (SSSR count). The summed E-state index contributed by atoms with van der Waals surface area (Å²) in [6, 6.07) is 12.1. The van der Waals surface area contributed by atoms with Crippen molar-refractivity contribution in [2.45, 2.75) is 0 Å². The number of ether oxygens (including phenoxy) is 1. The zero-order valence-electron chi connectivity index (χ0n) is 10.6. The summed E-state index contributed by atoms with van der Waals surface area (Å²) in [6.07, 6.45) is 0. The van der Waals surface area contributed by atoms with E-state index in [2.05, 4.69) is 15.9 Å². The Morgan fingerprint density at radius 2 is 1.85 bits per heavy atom. The van der Waals surface area contributed by atoms with Crippen LogP contribution in [0, 0.1) is 5.21 Å². The van der Waals surface area contributed by atoms with E-state index in [1.165, 1.54) is 7.11 Å². The maximum absolute atomic E-state index is 12.5. The fourth-order valence-corrected chi connectivity index (χ4v) is 2.54. The number of ketones is 1. The molecule has 1 aliphatic heterocycles. The third-order valence-electron chi connectivity index (χ3n) is 3.21. The SMILES string of the molecule is COc1cccc2c1C(=O)C(c1ccc(Br)cc1)=[N+]2[O-]. The van der Waals surface area contributed by atoms with Gasteiger partial charge < -0.3 is 9.94 Å². The maximum atomic E-state index is 12.5. The van der Waals surface area contributed by atoms with E-state index in [4.69, 9.17) is 4.74 Å². The molecule has 1 heterocycles. The summed E-state index contributed by atoms with van der Waals surface area (Å²) in [6.45, 7) is 0. The van der Waals surface area contributed by atoms with Gasteiger partial charge in [0.1, 0.15) is 11.3 Å². The third-order valence-corrected chi connectivity index (χ3v) is 3.73. The lowest BCUT2D eigenvalue weighted by Gasteiger charge is -2.03. The number of hydrogen-bond acceptors (Lipinski definition) is 3. The van der Waals surface area contributed by atoms with Crippen LogP contribution in [0.2, 0.25) is 0 Å². The molecule has 0 spiro atoms. The average molecular weight is 332 g/mol. The van der Waals surface area contributed by atoms with E-state index in [9.17, 15) is 10.0 Å². The molecule has 0 saturated heterocycles. The predicted molar refractivity (Wildman–Crippen MR) is 78.9 cm³/mol. The second-order valence-corrected chi connectivity index (χ2v) is 5.25. The number of carbonyl (C=O) groups excluding carboxylic acids is 1. The van der Waals surface area contributed by atoms with E-state index < -0.39 is 0 Å². The molecule has 0 amide bonds. The van der Waals surface area contributed by atoms with Crippen molar-refractivity contribution >= 4 is 33.1 Å². The zero-order chi connectivity index (χ0) is 14.3. The Morgan fingerprint density at radius 1 is 1.15 bits per heavy atom. The van der Waals surface area contributed by atoms with Crippen LogP contribution in [0.3, 0.4) is 0 Å². The summed E-state index contributed by atoms with van der Waals surface area (Å²) in [4.78, 5) is 12.5. The molecule has 0 N–H and O–H groups in total. The van der Waals surface area contributed by atoms with E-state index >= 15 is 0 Å². The van der Waals surface area contributed by atoms with Crippen LogP contribution in [-0.2, 0) is 0 Å². The first-order valence-corrected chi connectivity index (χ1v) is 6.74. The second-order valence-electron chi connectivity index (χ2n) is 4.33. The van der Waals surface area contributed by atoms with Crippen molar-refractivity contribution in [1.82, 2.24) is 0 Å². The fourth-order valence-electron chi connectivity index (χ4n) is 2.27. The molecule has 100 valence electrons. The van der Waals surface area contributed by atoms with Crippen LogP contribution < -0.4 is 4.74 Å². The topological polar surface area (TPSA) is 52.4 Å². The third kappa shape index (κ3) is 1.82. The molecular weight excluding hydrogens is 322 g/mol. The number of Topliss-reactive ketones (excluding diaryl/α,β-unsaturated/α-hetero) is 1. The molecule has 0 radical (unpaired) electrons. The maximum Gasteiger partial charge on any atom is 0.273 e. The number of carbonyl (C=O) groups is 1. The summed E-state index contributed by atoms with van der Waals surface area (Å²) < 4.78 is 6.73. The Labute approximate surface area is 124 Å². The Balaban J connectivity index is 2.18. The normalized spacial score (nSPS) is 13.6. The Bertz CT molecular complexity index is 735. The highest BCUT2D eigenvalue weighted by Crippen LogP contribution is 2.34. The van der Waals surface area contributed by atoms with Crippen LogP contribution in [0.5, 0.6) is 5.75 Å². The number of nitrogens with zero attached hydrogens (tertiary/aromatic N) is 1. The fraction of sp³-hybridized carbons (Fsp3) is 0.0667. The first kappa shape index (κ1) is 12.9. The Hall–Kier alpha value is -2.14. The van der Waals surface area contributed by atoms with Crippen molar-refractivity contribution in [3.63, 3.8) is 0 Å². The van der Waals surface area contributed by atoms with E-state index in [1.54, 1.807) is 42.5 Å². The molecule has 0 fully saturated rings. The highest BCUT2D eigenvalue weighted by molar-refractivity contribution is 9.10. The molecule has 0 aliphatic carbocycles. The molecule has 0 aromatic heterocycles. The Kier molecular flexibility index (Phi) is 3.06. The first-order chi connectivity index (χ1) is 9.63. The van der Waals surface area contributed by atoms with Crippen LogP contribution in [0.1, 0.15) is 15.9 Å². The second kappa shape index (κ2) is 4.76. The summed E-state index contributed by atoms with van der Waals surface area (Å²) in [5, 5.41) is 12.4. The number of methoxy groups -OCH3 is 1. The molecule has 4 nitrogen and oxygen atoms in total. The number of fused-ring (bicyclic) bond motifs is 1. The van der Waals surface area contributed by atoms with Crippen LogP contribution >= 0.6 is 15.9 Å². The van der Waals surface area contributed by atoms with Crippen LogP contribution in [0.15, 0.2) is 46.9 Å². The van der Waals surface area contributed by atoms with Gasteiger partial charge in [0.05, 0.1) is 12.7 Å². The molecule has 5 heteroatoms. The summed E-state index contributed by atoms with van der Waals surface area (Å²) in [5.41, 5.74) is 1.36. The van der Waals surface area contributed by atoms with Crippen LogP contribution in [0.25, 0.3) is 0 Å². The average Bonchev–Trinajstić information content (AvgIpc) is 2.72. The van der Waals surface area contributed by atoms with Gasteiger partial charge >= 0.3 is 0 Å². The van der Waals surface area contributed by atoms with E-state index in [0.717, 1.165) is 4.47 Å². The lowest BCUT2D eigenvalue weighted by atomic mass is 10.0. The van der Waals surface area contributed by atoms with Crippen LogP contribution in [0.4, 0.5) is 5.69 Å². The van der Waals surface area contributed by atoms with Gasteiger partial charge in [-0.3, -0.25) is 4.79 Å². The largest absolute Gasteiger partial charge is 0.618 e. The van der Waals surface area contributed by atoms with Crippen molar-refractivity contribution in [3.8, 4) is 5.75 Å². The van der Waals surface area contributed by atoms with Crippen molar-refractivity contribution in [2.75, 3.05) is 7.11 Å². The standard InChI is InChI=1S/C15H10BrNO3/c1-20-12-4-2-3-11-13(12)15(18)14(17(11)19)9-5-7-10(16)8-6-9/h2-8H,1H3. The molecule has 2 aromatic carbocycles. The van der Waals surface area contributed by atoms with E-state index in [0.29, 0.717) is 27.3 Å². The minimum atomic E-state index is -0.310. The van der Waals surface area contributed by atoms with Gasteiger partial charge in [-0.15, -0.1) is 0 Å². The molecule has 2 aromatic rings. The first-order valence-electron chi connectivity index (χ1n) is 5.95. The van der Waals surface area contributed by atoms with Crippen molar-refractivity contribution in [3.05, 3.63) is 63.3 Å². The lowest BCUT2D eigenvalue weighted by Crippen LogP contribution is -2.16. The monoisotopic (exact) mass is 331 g/mol. The van der Waals surface area contributed by atoms with Gasteiger partial charge in [-0.25, -0.2) is 0 Å². The van der Waals surface area contributed by atoms with Crippen molar-refractivity contribution in [2.24, 2.45) is 0 Å². The van der Waals surface area contributed by atoms with Gasteiger partial charge in [0.15, 0.2) is 0 Å². The summed E-state index contributed by atoms with van der Waals surface area (Å²) >= 11 is 3.33. The number of rotatable bonds is 2. The molecule has 1 aliphatic rings. The number of hydrogen-bond donors (Lipinski definition) is 0.